The number of hydrogen-bond donors (Lipinski definition) is 3. The number of hydrazine groups is 1. The number of nitrogens with one attached hydrogen (secondary N) is 3. The van der Waals surface area contributed by atoms with Crippen LogP contribution < -0.4 is 16.2 Å². The van der Waals surface area contributed by atoms with Gasteiger partial charge >= 0.3 is 0 Å². The van der Waals surface area contributed by atoms with E-state index in [1.807, 2.05) is 0 Å². The second-order valence-electron chi connectivity index (χ2n) is 4.69. The van der Waals surface area contributed by atoms with E-state index in [0.29, 0.717) is 17.3 Å². The van der Waals surface area contributed by atoms with Gasteiger partial charge in [-0.25, -0.2) is 4.39 Å². The van der Waals surface area contributed by atoms with Crippen LogP contribution in [-0.4, -0.2) is 23.3 Å². The standard InChI is InChI=1S/C15H22FN3OS2/c1-2-3-4-10-17-15(21)19-18-14(20)9-11-22-13-7-5-12(16)6-8-13/h5-8H,2-4,9-11H2,1H3,(H,18,20)(H2,17,19,21). The Hall–Kier alpha value is -1.34. The zero-order valence-corrected chi connectivity index (χ0v) is 14.3. The third-order valence-electron chi connectivity index (χ3n) is 2.79. The maximum absolute atomic E-state index is 12.7. The zero-order chi connectivity index (χ0) is 16.2. The second kappa shape index (κ2) is 11.3. The third kappa shape index (κ3) is 8.84. The number of halogens is 1. The average Bonchev–Trinajstić information content (AvgIpc) is 2.51. The minimum atomic E-state index is -0.258. The van der Waals surface area contributed by atoms with Crippen LogP contribution in [0.25, 0.3) is 0 Å². The molecular weight excluding hydrogens is 321 g/mol. The Labute approximate surface area is 140 Å². The van der Waals surface area contributed by atoms with Gasteiger partial charge in [-0.15, -0.1) is 11.8 Å². The number of carbonyl (C=O) groups is 1. The smallest absolute Gasteiger partial charge is 0.239 e. The molecule has 122 valence electrons. The molecule has 1 amide bonds. The number of rotatable bonds is 8. The van der Waals surface area contributed by atoms with Crippen molar-refractivity contribution in [1.29, 1.82) is 0 Å². The maximum atomic E-state index is 12.7. The van der Waals surface area contributed by atoms with Gasteiger partial charge in [0.25, 0.3) is 0 Å². The molecule has 0 aliphatic carbocycles. The normalized spacial score (nSPS) is 10.1. The second-order valence-corrected chi connectivity index (χ2v) is 6.27. The lowest BCUT2D eigenvalue weighted by atomic mass is 10.2. The van der Waals surface area contributed by atoms with Gasteiger partial charge in [0.05, 0.1) is 0 Å². The van der Waals surface area contributed by atoms with Crippen LogP contribution in [0.3, 0.4) is 0 Å². The van der Waals surface area contributed by atoms with Crippen LogP contribution in [0, 0.1) is 5.82 Å². The molecule has 0 atom stereocenters. The van der Waals surface area contributed by atoms with Crippen molar-refractivity contribution >= 4 is 35.0 Å². The predicted octanol–water partition coefficient (Wildman–Crippen LogP) is 2.99. The fourth-order valence-corrected chi connectivity index (χ4v) is 2.61. The van der Waals surface area contributed by atoms with E-state index in [1.165, 1.54) is 23.9 Å². The molecule has 7 heteroatoms. The van der Waals surface area contributed by atoms with Gasteiger partial charge in [-0.1, -0.05) is 19.8 Å². The fourth-order valence-electron chi connectivity index (χ4n) is 1.60. The third-order valence-corrected chi connectivity index (χ3v) is 4.05. The lowest BCUT2D eigenvalue weighted by molar-refractivity contribution is -0.121. The summed E-state index contributed by atoms with van der Waals surface area (Å²) in [6, 6.07) is 6.22. The predicted molar refractivity (Wildman–Crippen MR) is 93.1 cm³/mol. The highest BCUT2D eigenvalue weighted by molar-refractivity contribution is 7.99. The SMILES string of the molecule is CCCCCNC(=S)NNC(=O)CCSc1ccc(F)cc1. The quantitative estimate of drug-likeness (QED) is 0.293. The summed E-state index contributed by atoms with van der Waals surface area (Å²) in [5.41, 5.74) is 5.23. The number of thioether (sulfide) groups is 1. The van der Waals surface area contributed by atoms with Gasteiger partial charge in [0, 0.05) is 23.6 Å². The first-order valence-electron chi connectivity index (χ1n) is 7.33. The molecule has 0 bridgehead atoms. The molecule has 1 rings (SSSR count). The van der Waals surface area contributed by atoms with Gasteiger partial charge in [-0.2, -0.15) is 0 Å². The van der Waals surface area contributed by atoms with Crippen LogP contribution in [0.4, 0.5) is 4.39 Å². The Morgan fingerprint density at radius 2 is 1.95 bits per heavy atom. The highest BCUT2D eigenvalue weighted by atomic mass is 32.2. The first-order chi connectivity index (χ1) is 10.6. The first-order valence-corrected chi connectivity index (χ1v) is 8.72. The molecule has 0 radical (unpaired) electrons. The summed E-state index contributed by atoms with van der Waals surface area (Å²) in [5.74, 6) is 0.231. The van der Waals surface area contributed by atoms with Crippen LogP contribution in [-0.2, 0) is 4.79 Å². The van der Waals surface area contributed by atoms with Gasteiger partial charge in [0.1, 0.15) is 5.82 Å². The zero-order valence-electron chi connectivity index (χ0n) is 12.7. The minimum Gasteiger partial charge on any atom is -0.361 e. The Balaban J connectivity index is 2.08. The molecule has 3 N–H and O–H groups in total. The Kier molecular flexibility index (Phi) is 9.57. The van der Waals surface area contributed by atoms with Crippen molar-refractivity contribution in [3.05, 3.63) is 30.1 Å². The number of thiocarbonyl (C=S) groups is 1. The van der Waals surface area contributed by atoms with E-state index in [0.717, 1.165) is 30.7 Å². The number of carbonyl (C=O) groups excluding carboxylic acids is 1. The number of benzene rings is 1. The first kappa shape index (κ1) is 18.7. The van der Waals surface area contributed by atoms with E-state index in [9.17, 15) is 9.18 Å². The summed E-state index contributed by atoms with van der Waals surface area (Å²) in [5, 5.41) is 3.45. The average molecular weight is 343 g/mol. The van der Waals surface area contributed by atoms with E-state index < -0.39 is 0 Å². The van der Waals surface area contributed by atoms with Crippen LogP contribution in [0.2, 0.25) is 0 Å². The van der Waals surface area contributed by atoms with E-state index in [4.69, 9.17) is 12.2 Å². The van der Waals surface area contributed by atoms with E-state index in [2.05, 4.69) is 23.1 Å². The molecule has 0 spiro atoms. The summed E-state index contributed by atoms with van der Waals surface area (Å²) < 4.78 is 12.7. The molecule has 0 aromatic heterocycles. The molecule has 0 saturated carbocycles. The molecule has 0 aliphatic rings. The van der Waals surface area contributed by atoms with Crippen LogP contribution >= 0.6 is 24.0 Å². The van der Waals surface area contributed by atoms with Crippen molar-refractivity contribution in [2.45, 2.75) is 37.5 Å². The van der Waals surface area contributed by atoms with E-state index in [-0.39, 0.29) is 11.7 Å². The van der Waals surface area contributed by atoms with Crippen molar-refractivity contribution in [2.75, 3.05) is 12.3 Å². The highest BCUT2D eigenvalue weighted by Gasteiger charge is 2.03. The van der Waals surface area contributed by atoms with Crippen LogP contribution in [0.5, 0.6) is 0 Å². The van der Waals surface area contributed by atoms with E-state index >= 15 is 0 Å². The number of amides is 1. The summed E-state index contributed by atoms with van der Waals surface area (Å²) in [6.45, 7) is 2.94. The molecule has 1 aromatic carbocycles. The minimum absolute atomic E-state index is 0.132. The van der Waals surface area contributed by atoms with Gasteiger partial charge < -0.3 is 5.32 Å². The van der Waals surface area contributed by atoms with Crippen molar-refractivity contribution in [2.24, 2.45) is 0 Å². The highest BCUT2D eigenvalue weighted by Crippen LogP contribution is 2.18. The molecule has 22 heavy (non-hydrogen) atoms. The molecule has 0 fully saturated rings. The van der Waals surface area contributed by atoms with Crippen molar-refractivity contribution < 1.29 is 9.18 Å². The molecule has 0 unspecified atom stereocenters. The largest absolute Gasteiger partial charge is 0.361 e. The lowest BCUT2D eigenvalue weighted by Crippen LogP contribution is -2.47. The summed E-state index contributed by atoms with van der Waals surface area (Å²) in [6.07, 6.45) is 3.72. The van der Waals surface area contributed by atoms with Gasteiger partial charge in [-0.3, -0.25) is 15.6 Å². The van der Waals surface area contributed by atoms with Crippen LogP contribution in [0.1, 0.15) is 32.6 Å². The lowest BCUT2D eigenvalue weighted by Gasteiger charge is -2.11. The van der Waals surface area contributed by atoms with Crippen molar-refractivity contribution in [3.63, 3.8) is 0 Å². The van der Waals surface area contributed by atoms with Crippen LogP contribution in [0.15, 0.2) is 29.2 Å². The Bertz CT molecular complexity index is 468. The van der Waals surface area contributed by atoms with Gasteiger partial charge in [-0.05, 0) is 42.9 Å². The molecule has 0 heterocycles. The van der Waals surface area contributed by atoms with Crippen molar-refractivity contribution in [1.82, 2.24) is 16.2 Å². The van der Waals surface area contributed by atoms with E-state index in [1.54, 1.807) is 12.1 Å². The Morgan fingerprint density at radius 1 is 1.23 bits per heavy atom. The maximum Gasteiger partial charge on any atom is 0.239 e. The summed E-state index contributed by atoms with van der Waals surface area (Å²) >= 11 is 6.55. The Morgan fingerprint density at radius 3 is 2.64 bits per heavy atom. The molecule has 0 saturated heterocycles. The van der Waals surface area contributed by atoms with Gasteiger partial charge in [0.15, 0.2) is 5.11 Å². The summed E-state index contributed by atoms with van der Waals surface area (Å²) in [4.78, 5) is 12.6. The molecule has 1 aromatic rings. The molecule has 0 aliphatic heterocycles. The number of hydrogen-bond acceptors (Lipinski definition) is 3. The number of unbranched alkanes of at least 4 members (excludes halogenated alkanes) is 2. The topological polar surface area (TPSA) is 53.2 Å². The van der Waals surface area contributed by atoms with Gasteiger partial charge in [0.2, 0.25) is 5.91 Å². The van der Waals surface area contributed by atoms with Crippen molar-refractivity contribution in [3.8, 4) is 0 Å². The summed E-state index contributed by atoms with van der Waals surface area (Å²) in [7, 11) is 0. The monoisotopic (exact) mass is 343 g/mol. The molecule has 4 nitrogen and oxygen atoms in total. The molecular formula is C15H22FN3OS2. The fraction of sp³-hybridized carbons (Fsp3) is 0.467.